The minimum absolute atomic E-state index is 0.167. The molecule has 0 fully saturated rings. The third-order valence-corrected chi connectivity index (χ3v) is 6.00. The molecule has 2 aromatic carbocycles. The summed E-state index contributed by atoms with van der Waals surface area (Å²) < 4.78 is 0. The molecule has 154 valence electrons. The Morgan fingerprint density at radius 3 is 1.28 bits per heavy atom. The molecule has 29 heavy (non-hydrogen) atoms. The highest BCUT2D eigenvalue weighted by Crippen LogP contribution is 2.45. The number of aromatic hydroxyl groups is 2. The lowest BCUT2D eigenvalue weighted by atomic mass is 9.71. The van der Waals surface area contributed by atoms with Crippen LogP contribution in [0.2, 0.25) is 0 Å². The molecule has 0 spiro atoms. The summed E-state index contributed by atoms with van der Waals surface area (Å²) in [6.07, 6.45) is 8.59. The highest BCUT2D eigenvalue weighted by atomic mass is 16.3. The molecule has 2 heteroatoms. The Hall–Kier alpha value is -2.48. The normalized spacial score (nSPS) is 15.9. The molecule has 0 bridgehead atoms. The molecule has 0 saturated heterocycles. The number of rotatable bonds is 2. The second kappa shape index (κ2) is 6.79. The second-order valence-corrected chi connectivity index (χ2v) is 10.5. The molecular formula is C27H34O2. The number of aryl methyl sites for hydroxylation is 2. The lowest BCUT2D eigenvalue weighted by Gasteiger charge is -2.32. The molecule has 3 rings (SSSR count). The van der Waals surface area contributed by atoms with E-state index in [4.69, 9.17) is 0 Å². The van der Waals surface area contributed by atoms with Gasteiger partial charge in [-0.3, -0.25) is 0 Å². The molecule has 1 aliphatic rings. The minimum Gasteiger partial charge on any atom is -0.507 e. The highest BCUT2D eigenvalue weighted by Gasteiger charge is 2.35. The van der Waals surface area contributed by atoms with Crippen LogP contribution in [0.25, 0.3) is 0 Å². The summed E-state index contributed by atoms with van der Waals surface area (Å²) in [6.45, 7) is 16.7. The maximum Gasteiger partial charge on any atom is 0.122 e. The number of hydrogen-bond donors (Lipinski definition) is 2. The van der Waals surface area contributed by atoms with Crippen molar-refractivity contribution in [3.63, 3.8) is 0 Å². The van der Waals surface area contributed by atoms with Crippen LogP contribution >= 0.6 is 0 Å². The van der Waals surface area contributed by atoms with Crippen LogP contribution in [0.3, 0.4) is 0 Å². The first kappa shape index (κ1) is 21.2. The Bertz CT molecular complexity index is 925. The van der Waals surface area contributed by atoms with Gasteiger partial charge in [0.1, 0.15) is 11.5 Å². The molecule has 0 heterocycles. The fourth-order valence-corrected chi connectivity index (χ4v) is 4.20. The van der Waals surface area contributed by atoms with Crippen molar-refractivity contribution in [2.45, 2.75) is 71.6 Å². The SMILES string of the molecule is Cc1cc(C2(c3cc(C)c(O)c(C(C)(C)C)c3)C=CC=C2)cc(C(C)(C)C)c1O. The molecule has 0 aliphatic heterocycles. The van der Waals surface area contributed by atoms with Gasteiger partial charge in [0.15, 0.2) is 0 Å². The fraction of sp³-hybridized carbons (Fsp3) is 0.407. The summed E-state index contributed by atoms with van der Waals surface area (Å²) in [5, 5.41) is 21.4. The second-order valence-electron chi connectivity index (χ2n) is 10.5. The van der Waals surface area contributed by atoms with Crippen molar-refractivity contribution in [1.29, 1.82) is 0 Å². The number of allylic oxidation sites excluding steroid dienone is 4. The average Bonchev–Trinajstić information content (AvgIpc) is 3.08. The topological polar surface area (TPSA) is 40.5 Å². The van der Waals surface area contributed by atoms with Crippen molar-refractivity contribution in [3.05, 3.63) is 82.0 Å². The Kier molecular flexibility index (Phi) is 4.98. The van der Waals surface area contributed by atoms with E-state index in [1.165, 1.54) is 0 Å². The van der Waals surface area contributed by atoms with Crippen LogP contribution in [0, 0.1) is 13.8 Å². The molecule has 2 nitrogen and oxygen atoms in total. The van der Waals surface area contributed by atoms with Crippen LogP contribution in [0.1, 0.15) is 74.9 Å². The van der Waals surface area contributed by atoms with E-state index in [-0.39, 0.29) is 10.8 Å². The molecule has 2 N–H and O–H groups in total. The molecule has 0 aromatic heterocycles. The summed E-state index contributed by atoms with van der Waals surface area (Å²) in [5.41, 5.74) is 5.18. The van der Waals surface area contributed by atoms with Gasteiger partial charge < -0.3 is 10.2 Å². The molecule has 1 aliphatic carbocycles. The van der Waals surface area contributed by atoms with Gasteiger partial charge >= 0.3 is 0 Å². The Morgan fingerprint density at radius 1 is 0.621 bits per heavy atom. The van der Waals surface area contributed by atoms with Gasteiger partial charge in [-0.05, 0) is 58.1 Å². The first-order valence-corrected chi connectivity index (χ1v) is 10.3. The number of phenols is 2. The van der Waals surface area contributed by atoms with Crippen molar-refractivity contribution in [2.24, 2.45) is 0 Å². The zero-order chi connectivity index (χ0) is 21.8. The van der Waals surface area contributed by atoms with Crippen molar-refractivity contribution in [2.75, 3.05) is 0 Å². The van der Waals surface area contributed by atoms with Gasteiger partial charge in [0, 0.05) is 0 Å². The maximum atomic E-state index is 10.7. The first-order valence-electron chi connectivity index (χ1n) is 10.3. The van der Waals surface area contributed by atoms with Gasteiger partial charge in [-0.25, -0.2) is 0 Å². The molecule has 0 unspecified atom stereocenters. The van der Waals surface area contributed by atoms with Gasteiger partial charge in [-0.2, -0.15) is 0 Å². The van der Waals surface area contributed by atoms with Crippen LogP contribution in [0.15, 0.2) is 48.6 Å². The van der Waals surface area contributed by atoms with Gasteiger partial charge in [-0.15, -0.1) is 0 Å². The Balaban J connectivity index is 2.33. The fourth-order valence-electron chi connectivity index (χ4n) is 4.20. The Labute approximate surface area is 175 Å². The van der Waals surface area contributed by atoms with Crippen molar-refractivity contribution < 1.29 is 10.2 Å². The maximum absolute atomic E-state index is 10.7. The third-order valence-electron chi connectivity index (χ3n) is 6.00. The summed E-state index contributed by atoms with van der Waals surface area (Å²) in [7, 11) is 0. The van der Waals surface area contributed by atoms with E-state index in [9.17, 15) is 10.2 Å². The van der Waals surface area contributed by atoms with Crippen LogP contribution in [0.4, 0.5) is 0 Å². The van der Waals surface area contributed by atoms with Gasteiger partial charge in [0.05, 0.1) is 5.41 Å². The number of benzene rings is 2. The molecule has 0 amide bonds. The zero-order valence-electron chi connectivity index (χ0n) is 19.0. The van der Waals surface area contributed by atoms with Crippen molar-refractivity contribution in [1.82, 2.24) is 0 Å². The largest absolute Gasteiger partial charge is 0.507 e. The Morgan fingerprint density at radius 2 is 0.966 bits per heavy atom. The number of phenolic OH excluding ortho intramolecular Hbond substituents is 2. The van der Waals surface area contributed by atoms with E-state index in [1.807, 2.05) is 13.8 Å². The van der Waals surface area contributed by atoms with Crippen LogP contribution in [-0.2, 0) is 16.2 Å². The van der Waals surface area contributed by atoms with E-state index in [1.54, 1.807) is 0 Å². The van der Waals surface area contributed by atoms with E-state index >= 15 is 0 Å². The van der Waals surface area contributed by atoms with Gasteiger partial charge in [0.2, 0.25) is 0 Å². The standard InChI is InChI=1S/C27H34O2/c1-17-13-19(15-21(23(17)28)25(3,4)5)27(11-9-10-12-27)20-14-18(2)24(29)22(16-20)26(6,7)8/h9-16,28-29H,1-8H3. The number of hydrogen-bond acceptors (Lipinski definition) is 2. The summed E-state index contributed by atoms with van der Waals surface area (Å²) in [6, 6.07) is 8.45. The monoisotopic (exact) mass is 390 g/mol. The lowest BCUT2D eigenvalue weighted by Crippen LogP contribution is -2.24. The van der Waals surface area contributed by atoms with E-state index < -0.39 is 5.41 Å². The van der Waals surface area contributed by atoms with Gasteiger partial charge in [-0.1, -0.05) is 90.1 Å². The van der Waals surface area contributed by atoms with Gasteiger partial charge in [0.25, 0.3) is 0 Å². The van der Waals surface area contributed by atoms with Crippen molar-refractivity contribution >= 4 is 0 Å². The van der Waals surface area contributed by atoms with Crippen molar-refractivity contribution in [3.8, 4) is 11.5 Å². The molecule has 0 radical (unpaired) electrons. The van der Waals surface area contributed by atoms with E-state index in [0.717, 1.165) is 33.4 Å². The lowest BCUT2D eigenvalue weighted by molar-refractivity contribution is 0.441. The highest BCUT2D eigenvalue weighted by molar-refractivity contribution is 5.61. The van der Waals surface area contributed by atoms with Crippen LogP contribution in [-0.4, -0.2) is 10.2 Å². The predicted octanol–water partition coefficient (Wildman–Crippen LogP) is 6.72. The quantitative estimate of drug-likeness (QED) is 0.597. The van der Waals surface area contributed by atoms with Crippen LogP contribution < -0.4 is 0 Å². The average molecular weight is 391 g/mol. The summed E-state index contributed by atoms with van der Waals surface area (Å²) >= 11 is 0. The molecular weight excluding hydrogens is 356 g/mol. The summed E-state index contributed by atoms with van der Waals surface area (Å²) in [5.74, 6) is 0.749. The molecule has 0 atom stereocenters. The third kappa shape index (κ3) is 3.61. The van der Waals surface area contributed by atoms with E-state index in [0.29, 0.717) is 11.5 Å². The smallest absolute Gasteiger partial charge is 0.122 e. The minimum atomic E-state index is -0.420. The molecule has 0 saturated carbocycles. The molecule has 2 aromatic rings. The predicted molar refractivity (Wildman–Crippen MR) is 122 cm³/mol. The first-order chi connectivity index (χ1) is 13.3. The summed E-state index contributed by atoms with van der Waals surface area (Å²) in [4.78, 5) is 0. The zero-order valence-corrected chi connectivity index (χ0v) is 19.0. The van der Waals surface area contributed by atoms with E-state index in [2.05, 4.69) is 90.1 Å². The van der Waals surface area contributed by atoms with Crippen LogP contribution in [0.5, 0.6) is 11.5 Å².